The lowest BCUT2D eigenvalue weighted by molar-refractivity contribution is -0.145. The molecular formula is C20H26N2O5. The summed E-state index contributed by atoms with van der Waals surface area (Å²) in [6, 6.07) is 7.19. The van der Waals surface area contributed by atoms with Crippen LogP contribution in [-0.4, -0.2) is 35.1 Å². The summed E-state index contributed by atoms with van der Waals surface area (Å²) in [4.78, 5) is 43.4. The molecule has 0 aliphatic heterocycles. The maximum atomic E-state index is 12.4. The van der Waals surface area contributed by atoms with Gasteiger partial charge < -0.3 is 14.5 Å². The Kier molecular flexibility index (Phi) is 7.98. The number of nitrogens with zero attached hydrogens (tertiary/aromatic N) is 1. The van der Waals surface area contributed by atoms with Crippen LogP contribution in [0.5, 0.6) is 0 Å². The van der Waals surface area contributed by atoms with E-state index in [9.17, 15) is 14.4 Å². The van der Waals surface area contributed by atoms with Gasteiger partial charge in [-0.25, -0.2) is 4.98 Å². The normalized spacial score (nSPS) is 11.9. The van der Waals surface area contributed by atoms with Crippen LogP contribution in [-0.2, 0) is 19.1 Å². The highest BCUT2D eigenvalue weighted by molar-refractivity contribution is 5.79. The first-order valence-corrected chi connectivity index (χ1v) is 9.38. The van der Waals surface area contributed by atoms with Crippen LogP contribution in [0.1, 0.15) is 57.6 Å². The fourth-order valence-electron chi connectivity index (χ4n) is 2.92. The van der Waals surface area contributed by atoms with E-state index in [1.807, 2.05) is 12.1 Å². The molecule has 1 atom stereocenters. The molecule has 0 aliphatic rings. The molecule has 0 amide bonds. The van der Waals surface area contributed by atoms with Gasteiger partial charge in [0.05, 0.1) is 24.2 Å². The van der Waals surface area contributed by atoms with Crippen molar-refractivity contribution in [1.29, 1.82) is 0 Å². The number of hydrogen-bond donors (Lipinski definition) is 1. The van der Waals surface area contributed by atoms with Crippen molar-refractivity contribution >= 4 is 23.0 Å². The Morgan fingerprint density at radius 1 is 1.07 bits per heavy atom. The SMILES string of the molecule is CCOC(=O)CCCCC[C@H](C(=O)OCC)c1nc2ccccc2[nH]c1=O. The number of hydrogen-bond acceptors (Lipinski definition) is 6. The molecule has 0 spiro atoms. The quantitative estimate of drug-likeness (QED) is 0.507. The third-order valence-electron chi connectivity index (χ3n) is 4.21. The molecule has 146 valence electrons. The highest BCUT2D eigenvalue weighted by atomic mass is 16.5. The average Bonchev–Trinajstić information content (AvgIpc) is 2.65. The van der Waals surface area contributed by atoms with E-state index in [4.69, 9.17) is 9.47 Å². The number of fused-ring (bicyclic) bond motifs is 1. The molecular weight excluding hydrogens is 348 g/mol. The maximum absolute atomic E-state index is 12.4. The third-order valence-corrected chi connectivity index (χ3v) is 4.21. The molecule has 0 saturated carbocycles. The fourth-order valence-corrected chi connectivity index (χ4v) is 2.92. The second kappa shape index (κ2) is 10.4. The highest BCUT2D eigenvalue weighted by Crippen LogP contribution is 2.22. The van der Waals surface area contributed by atoms with Gasteiger partial charge in [0.15, 0.2) is 0 Å². The minimum absolute atomic E-state index is 0.178. The molecule has 0 unspecified atom stereocenters. The van der Waals surface area contributed by atoms with Crippen LogP contribution in [0.3, 0.4) is 0 Å². The Balaban J connectivity index is 2.08. The van der Waals surface area contributed by atoms with Crippen LogP contribution < -0.4 is 5.56 Å². The standard InChI is InChI=1S/C20H26N2O5/c1-3-26-17(23)13-7-5-6-10-14(20(25)27-4-2)18-19(24)22-16-12-9-8-11-15(16)21-18/h8-9,11-12,14H,3-7,10,13H2,1-2H3,(H,22,24)/t14-/m0/s1. The number of aromatic nitrogens is 2. The lowest BCUT2D eigenvalue weighted by Crippen LogP contribution is -2.25. The van der Waals surface area contributed by atoms with Gasteiger partial charge in [0.1, 0.15) is 11.6 Å². The van der Waals surface area contributed by atoms with Gasteiger partial charge in [0.25, 0.3) is 5.56 Å². The predicted molar refractivity (Wildman–Crippen MR) is 101 cm³/mol. The molecule has 0 aliphatic carbocycles. The largest absolute Gasteiger partial charge is 0.466 e. The van der Waals surface area contributed by atoms with Crippen molar-refractivity contribution in [3.05, 3.63) is 40.3 Å². The summed E-state index contributed by atoms with van der Waals surface area (Å²) in [5, 5.41) is 0. The summed E-state index contributed by atoms with van der Waals surface area (Å²) in [5.74, 6) is -1.39. The second-order valence-electron chi connectivity index (χ2n) is 6.18. The van der Waals surface area contributed by atoms with Crippen molar-refractivity contribution in [3.63, 3.8) is 0 Å². The molecule has 27 heavy (non-hydrogen) atoms. The van der Waals surface area contributed by atoms with E-state index in [1.165, 1.54) is 0 Å². The summed E-state index contributed by atoms with van der Waals surface area (Å²) in [7, 11) is 0. The van der Waals surface area contributed by atoms with Crippen molar-refractivity contribution in [2.24, 2.45) is 0 Å². The Labute approximate surface area is 158 Å². The molecule has 7 heteroatoms. The number of ether oxygens (including phenoxy) is 2. The first-order valence-electron chi connectivity index (χ1n) is 9.38. The molecule has 0 radical (unpaired) electrons. The zero-order valence-electron chi connectivity index (χ0n) is 15.8. The molecule has 0 fully saturated rings. The van der Waals surface area contributed by atoms with Crippen molar-refractivity contribution < 1.29 is 19.1 Å². The van der Waals surface area contributed by atoms with Crippen molar-refractivity contribution in [2.75, 3.05) is 13.2 Å². The van der Waals surface area contributed by atoms with Gasteiger partial charge in [-0.1, -0.05) is 25.0 Å². The molecule has 0 saturated heterocycles. The van der Waals surface area contributed by atoms with E-state index in [2.05, 4.69) is 9.97 Å². The number of para-hydroxylation sites is 2. The molecule has 1 aromatic carbocycles. The Morgan fingerprint density at radius 2 is 1.81 bits per heavy atom. The number of carbonyl (C=O) groups excluding carboxylic acids is 2. The van der Waals surface area contributed by atoms with Crippen molar-refractivity contribution in [1.82, 2.24) is 9.97 Å². The summed E-state index contributed by atoms with van der Waals surface area (Å²) in [6.07, 6.45) is 2.90. The predicted octanol–water partition coefficient (Wildman–Crippen LogP) is 3.08. The smallest absolute Gasteiger partial charge is 0.315 e. The number of unbranched alkanes of at least 4 members (excludes halogenated alkanes) is 2. The summed E-state index contributed by atoms with van der Waals surface area (Å²) in [6.45, 7) is 4.12. The number of rotatable bonds is 10. The summed E-state index contributed by atoms with van der Waals surface area (Å²) < 4.78 is 10.0. The summed E-state index contributed by atoms with van der Waals surface area (Å²) in [5.41, 5.74) is 1.06. The monoisotopic (exact) mass is 374 g/mol. The lowest BCUT2D eigenvalue weighted by Gasteiger charge is -2.15. The molecule has 1 aromatic heterocycles. The van der Waals surface area contributed by atoms with Gasteiger partial charge in [0.2, 0.25) is 0 Å². The molecule has 7 nitrogen and oxygen atoms in total. The molecule has 1 N–H and O–H groups in total. The van der Waals surface area contributed by atoms with Gasteiger partial charge in [-0.15, -0.1) is 0 Å². The van der Waals surface area contributed by atoms with E-state index in [0.29, 0.717) is 43.3 Å². The molecule has 1 heterocycles. The number of carbonyl (C=O) groups is 2. The van der Waals surface area contributed by atoms with Gasteiger partial charge in [0, 0.05) is 6.42 Å². The van der Waals surface area contributed by atoms with E-state index in [0.717, 1.165) is 6.42 Å². The number of nitrogens with one attached hydrogen (secondary N) is 1. The van der Waals surface area contributed by atoms with Crippen LogP contribution in [0.4, 0.5) is 0 Å². The van der Waals surface area contributed by atoms with E-state index >= 15 is 0 Å². The van der Waals surface area contributed by atoms with Gasteiger partial charge >= 0.3 is 11.9 Å². The zero-order chi connectivity index (χ0) is 19.6. The number of aromatic amines is 1. The zero-order valence-corrected chi connectivity index (χ0v) is 15.8. The van der Waals surface area contributed by atoms with Crippen LogP contribution in [0.2, 0.25) is 0 Å². The van der Waals surface area contributed by atoms with E-state index in [-0.39, 0.29) is 23.8 Å². The molecule has 0 bridgehead atoms. The van der Waals surface area contributed by atoms with Crippen molar-refractivity contribution in [3.8, 4) is 0 Å². The topological polar surface area (TPSA) is 98.3 Å². The second-order valence-corrected chi connectivity index (χ2v) is 6.18. The number of benzene rings is 1. The van der Waals surface area contributed by atoms with Crippen molar-refractivity contribution in [2.45, 2.75) is 51.9 Å². The Hall–Kier alpha value is -2.70. The van der Waals surface area contributed by atoms with E-state index in [1.54, 1.807) is 26.0 Å². The third kappa shape index (κ3) is 5.91. The minimum atomic E-state index is -0.721. The van der Waals surface area contributed by atoms with Crippen LogP contribution in [0, 0.1) is 0 Å². The first-order chi connectivity index (χ1) is 13.1. The lowest BCUT2D eigenvalue weighted by atomic mass is 9.97. The minimum Gasteiger partial charge on any atom is -0.466 e. The van der Waals surface area contributed by atoms with Crippen LogP contribution >= 0.6 is 0 Å². The highest BCUT2D eigenvalue weighted by Gasteiger charge is 2.26. The first kappa shape index (κ1) is 20.6. The fraction of sp³-hybridized carbons (Fsp3) is 0.500. The molecule has 2 rings (SSSR count). The van der Waals surface area contributed by atoms with Gasteiger partial charge in [-0.3, -0.25) is 14.4 Å². The maximum Gasteiger partial charge on any atom is 0.315 e. The average molecular weight is 374 g/mol. The number of esters is 2. The van der Waals surface area contributed by atoms with Crippen LogP contribution in [0.15, 0.2) is 29.1 Å². The van der Waals surface area contributed by atoms with E-state index < -0.39 is 11.9 Å². The Bertz CT molecular complexity index is 830. The summed E-state index contributed by atoms with van der Waals surface area (Å²) >= 11 is 0. The number of H-pyrrole nitrogens is 1. The van der Waals surface area contributed by atoms with Crippen LogP contribution in [0.25, 0.3) is 11.0 Å². The van der Waals surface area contributed by atoms with Gasteiger partial charge in [-0.05, 0) is 38.8 Å². The molecule has 2 aromatic rings. The Morgan fingerprint density at radius 3 is 2.56 bits per heavy atom. The van der Waals surface area contributed by atoms with Gasteiger partial charge in [-0.2, -0.15) is 0 Å².